The molecule has 0 aliphatic heterocycles. The average molecular weight is 826 g/mol. The van der Waals surface area contributed by atoms with E-state index in [1.807, 2.05) is 41.2 Å². The topological polar surface area (TPSA) is 44.9 Å². The fourth-order valence-electron chi connectivity index (χ4n) is 6.60. The predicted octanol–water partition coefficient (Wildman–Crippen LogP) is 11.0. The van der Waals surface area contributed by atoms with E-state index in [9.17, 15) is 0 Å². The van der Waals surface area contributed by atoms with Crippen molar-refractivity contribution in [2.45, 2.75) is 67.2 Å². The fourth-order valence-corrected chi connectivity index (χ4v) is 6.60. The van der Waals surface area contributed by atoms with Crippen molar-refractivity contribution in [1.82, 2.24) is 19.3 Å². The molecule has 1 atom stereocenters. The van der Waals surface area contributed by atoms with Crippen molar-refractivity contribution in [3.63, 3.8) is 0 Å². The van der Waals surface area contributed by atoms with E-state index in [1.165, 1.54) is 22.1 Å². The molecule has 1 unspecified atom stereocenters. The number of aryl methyl sites for hydroxylation is 2. The monoisotopic (exact) mass is 825 g/mol. The van der Waals surface area contributed by atoms with Crippen LogP contribution in [0.15, 0.2) is 97.2 Å². The first kappa shape index (κ1) is 34.4. The molecule has 0 saturated heterocycles. The molecule has 250 valence electrons. The number of fused-ring (bicyclic) bond motifs is 3. The van der Waals surface area contributed by atoms with Gasteiger partial charge >= 0.3 is 21.1 Å². The number of rotatable bonds is 8. The van der Waals surface area contributed by atoms with Crippen molar-refractivity contribution in [1.29, 1.82) is 0 Å². The van der Waals surface area contributed by atoms with E-state index in [2.05, 4.69) is 126 Å². The van der Waals surface area contributed by atoms with Gasteiger partial charge in [0.25, 0.3) is 0 Å². The van der Waals surface area contributed by atoms with E-state index in [1.54, 1.807) is 0 Å². The Morgan fingerprint density at radius 2 is 1.59 bits per heavy atom. The Labute approximate surface area is 304 Å². The summed E-state index contributed by atoms with van der Waals surface area (Å²) in [7, 11) is 0. The molecule has 0 aliphatic rings. The Balaban J connectivity index is 0.00000417. The van der Waals surface area contributed by atoms with Crippen molar-refractivity contribution in [3.8, 4) is 34.1 Å². The van der Waals surface area contributed by atoms with Gasteiger partial charge in [0.1, 0.15) is 5.82 Å². The molecule has 0 N–H and O–H groups in total. The Bertz CT molecular complexity index is 2260. The largest absolute Gasteiger partial charge is 2.00 e. The van der Waals surface area contributed by atoms with Gasteiger partial charge in [0.05, 0.1) is 5.69 Å². The van der Waals surface area contributed by atoms with E-state index in [0.717, 1.165) is 57.7 Å². The van der Waals surface area contributed by atoms with Crippen LogP contribution in [0.3, 0.4) is 0 Å². The number of hydrogen-bond acceptors (Lipinski definition) is 3. The minimum Gasteiger partial charge on any atom is -0.509 e. The normalized spacial score (nSPS) is 12.3. The number of aromatic nitrogens is 4. The van der Waals surface area contributed by atoms with Gasteiger partial charge in [-0.05, 0) is 77.1 Å². The summed E-state index contributed by atoms with van der Waals surface area (Å²) in [6.07, 6.45) is 3.55. The molecule has 3 heterocycles. The van der Waals surface area contributed by atoms with Gasteiger partial charge in [-0.3, -0.25) is 4.68 Å². The van der Waals surface area contributed by atoms with Crippen molar-refractivity contribution in [2.24, 2.45) is 5.41 Å². The van der Waals surface area contributed by atoms with Crippen LogP contribution in [0.5, 0.6) is 11.5 Å². The Morgan fingerprint density at radius 1 is 0.816 bits per heavy atom. The third kappa shape index (κ3) is 6.49. The summed E-state index contributed by atoms with van der Waals surface area (Å²) in [5, 5.41) is 7.36. The average Bonchev–Trinajstić information content (AvgIpc) is 3.63. The maximum absolute atomic E-state index is 6.50. The second kappa shape index (κ2) is 13.8. The van der Waals surface area contributed by atoms with Gasteiger partial charge in [-0.15, -0.1) is 35.7 Å². The molecule has 7 rings (SSSR count). The first-order chi connectivity index (χ1) is 23.2. The summed E-state index contributed by atoms with van der Waals surface area (Å²) in [5.74, 6) is 2.48. The quantitative estimate of drug-likeness (QED) is 0.143. The summed E-state index contributed by atoms with van der Waals surface area (Å²) >= 11 is 0. The summed E-state index contributed by atoms with van der Waals surface area (Å²) in [5.41, 5.74) is 10.1. The van der Waals surface area contributed by atoms with Gasteiger partial charge < -0.3 is 9.30 Å². The van der Waals surface area contributed by atoms with Crippen LogP contribution in [0.25, 0.3) is 44.4 Å². The first-order valence-electron chi connectivity index (χ1n) is 17.0. The zero-order valence-electron chi connectivity index (χ0n) is 29.2. The van der Waals surface area contributed by atoms with E-state index >= 15 is 0 Å². The molecule has 3 aromatic heterocycles. The predicted molar refractivity (Wildman–Crippen MR) is 197 cm³/mol. The van der Waals surface area contributed by atoms with Crippen LogP contribution >= 0.6 is 0 Å². The van der Waals surface area contributed by atoms with Crippen LogP contribution < -0.4 is 4.74 Å². The Hall–Kier alpha value is -4.47. The molecule has 0 aliphatic carbocycles. The van der Waals surface area contributed by atoms with Crippen LogP contribution in [0.4, 0.5) is 0 Å². The number of ether oxygens (including phenoxy) is 1. The molecule has 7 aromatic rings. The van der Waals surface area contributed by atoms with Crippen LogP contribution in [-0.4, -0.2) is 19.3 Å². The first-order valence-corrected chi connectivity index (χ1v) is 17.0. The molecule has 5 nitrogen and oxygen atoms in total. The Morgan fingerprint density at radius 3 is 2.31 bits per heavy atom. The smallest absolute Gasteiger partial charge is 0.509 e. The number of pyridine rings is 1. The van der Waals surface area contributed by atoms with Crippen molar-refractivity contribution >= 4 is 21.8 Å². The summed E-state index contributed by atoms with van der Waals surface area (Å²) in [6, 6.07) is 38.8. The maximum Gasteiger partial charge on any atom is 2.00 e. The molecular weight excluding hydrogens is 784 g/mol. The number of benzene rings is 4. The zero-order valence-corrected chi connectivity index (χ0v) is 31.5. The van der Waals surface area contributed by atoms with E-state index in [-0.39, 0.29) is 26.5 Å². The summed E-state index contributed by atoms with van der Waals surface area (Å²) in [6.45, 7) is 15.6. The fraction of sp³-hybridized carbons (Fsp3) is 0.256. The van der Waals surface area contributed by atoms with Crippen molar-refractivity contribution < 1.29 is 25.8 Å². The van der Waals surface area contributed by atoms with E-state index in [4.69, 9.17) is 14.8 Å². The van der Waals surface area contributed by atoms with Crippen LogP contribution in [0.2, 0.25) is 0 Å². The van der Waals surface area contributed by atoms with Crippen LogP contribution in [0, 0.1) is 24.5 Å². The molecular formula is C43H42N4OPt. The van der Waals surface area contributed by atoms with Gasteiger partial charge in [-0.1, -0.05) is 89.5 Å². The summed E-state index contributed by atoms with van der Waals surface area (Å²) < 4.78 is 10.7. The van der Waals surface area contributed by atoms with Crippen LogP contribution in [0.1, 0.15) is 70.0 Å². The molecule has 0 amide bonds. The summed E-state index contributed by atoms with van der Waals surface area (Å²) in [4.78, 5) is 4.78. The third-order valence-electron chi connectivity index (χ3n) is 9.59. The van der Waals surface area contributed by atoms with E-state index < -0.39 is 0 Å². The molecule has 6 heteroatoms. The van der Waals surface area contributed by atoms with Crippen molar-refractivity contribution in [3.05, 3.63) is 132 Å². The standard InChI is InChI=1S/C43H42N4O.Pt/c1-8-37-42(30-14-11-10-12-15-30)38(9-2)47(45-37)32-16-13-17-33(26-32)48-34-19-20-35-36-25-31(29(4)43(5,6)7)18-21-39(36)46(40(35)27-34)41-24-28(3)22-23-44-41;/h10-25,29H,8-9H2,1-7H3;/q-2;+2. The maximum atomic E-state index is 6.50. The second-order valence-electron chi connectivity index (χ2n) is 13.7. The second-order valence-corrected chi connectivity index (χ2v) is 13.7. The molecule has 4 aromatic carbocycles. The van der Waals surface area contributed by atoms with Gasteiger partial charge in [0, 0.05) is 34.5 Å². The Kier molecular flexibility index (Phi) is 9.69. The van der Waals surface area contributed by atoms with Gasteiger partial charge in [-0.25, -0.2) is 4.98 Å². The molecule has 0 bridgehead atoms. The molecule has 0 saturated carbocycles. The number of nitrogens with zero attached hydrogens (tertiary/aromatic N) is 4. The van der Waals surface area contributed by atoms with Gasteiger partial charge in [0.15, 0.2) is 0 Å². The third-order valence-corrected chi connectivity index (χ3v) is 9.59. The minimum atomic E-state index is 0. The van der Waals surface area contributed by atoms with E-state index in [0.29, 0.717) is 17.4 Å². The van der Waals surface area contributed by atoms with Gasteiger partial charge in [0.2, 0.25) is 0 Å². The molecule has 0 spiro atoms. The number of hydrogen-bond donors (Lipinski definition) is 0. The van der Waals surface area contributed by atoms with Crippen molar-refractivity contribution in [2.75, 3.05) is 0 Å². The van der Waals surface area contributed by atoms with Gasteiger partial charge in [-0.2, -0.15) is 17.2 Å². The molecule has 0 radical (unpaired) electrons. The minimum absolute atomic E-state index is 0. The molecule has 49 heavy (non-hydrogen) atoms. The SMILES string of the molecule is CCc1nn(-c2[c-]c(Oc3[c-]c4c(cc3)c3cc(C(C)C(C)(C)C)ccc3n4-c3cc(C)ccn3)ccc2)c(CC)c1-c1ccccc1.[Pt+2]. The zero-order chi connectivity index (χ0) is 33.6. The molecule has 0 fully saturated rings. The van der Waals surface area contributed by atoms with Crippen LogP contribution in [-0.2, 0) is 33.9 Å².